The maximum atomic E-state index is 5.95. The Labute approximate surface area is 129 Å². The van der Waals surface area contributed by atoms with Gasteiger partial charge in [0.25, 0.3) is 0 Å². The van der Waals surface area contributed by atoms with E-state index in [0.717, 1.165) is 10.2 Å². The van der Waals surface area contributed by atoms with Crippen molar-refractivity contribution in [1.29, 1.82) is 0 Å². The predicted molar refractivity (Wildman–Crippen MR) is 83.0 cm³/mol. The van der Waals surface area contributed by atoms with Gasteiger partial charge in [-0.3, -0.25) is 0 Å². The average Bonchev–Trinajstić information content (AvgIpc) is 2.43. The smallest absolute Gasteiger partial charge is 0.158 e. The standard InChI is InChI=1S/C12H13BrClN5O/c1-20-6-12-17-10(5-11(18-12)19-15)16-7-2-3-9(14)8(13)4-7/h2-5H,6,15H2,1H3,(H2,16,17,18,19). The molecule has 1 heterocycles. The summed E-state index contributed by atoms with van der Waals surface area (Å²) in [6, 6.07) is 7.19. The maximum Gasteiger partial charge on any atom is 0.158 e. The van der Waals surface area contributed by atoms with Crippen LogP contribution in [0.25, 0.3) is 0 Å². The molecule has 0 aliphatic rings. The number of nitrogens with one attached hydrogen (secondary N) is 2. The molecule has 0 saturated carbocycles. The van der Waals surface area contributed by atoms with E-state index in [0.29, 0.717) is 29.1 Å². The Kier molecular flexibility index (Phi) is 5.13. The quantitative estimate of drug-likeness (QED) is 0.562. The van der Waals surface area contributed by atoms with E-state index in [9.17, 15) is 0 Å². The number of anilines is 3. The zero-order chi connectivity index (χ0) is 14.5. The molecule has 0 unspecified atom stereocenters. The van der Waals surface area contributed by atoms with Crippen molar-refractivity contribution in [3.8, 4) is 0 Å². The van der Waals surface area contributed by atoms with Crippen molar-refractivity contribution in [3.63, 3.8) is 0 Å². The van der Waals surface area contributed by atoms with Crippen molar-refractivity contribution in [2.45, 2.75) is 6.61 Å². The largest absolute Gasteiger partial charge is 0.377 e. The van der Waals surface area contributed by atoms with E-state index in [1.54, 1.807) is 19.2 Å². The Morgan fingerprint density at radius 2 is 2.05 bits per heavy atom. The molecule has 6 nitrogen and oxygen atoms in total. The first-order valence-electron chi connectivity index (χ1n) is 5.68. The molecule has 106 valence electrons. The monoisotopic (exact) mass is 357 g/mol. The normalized spacial score (nSPS) is 10.4. The van der Waals surface area contributed by atoms with Gasteiger partial charge in [0.05, 0.1) is 5.02 Å². The van der Waals surface area contributed by atoms with Gasteiger partial charge in [0, 0.05) is 23.3 Å². The van der Waals surface area contributed by atoms with Crippen molar-refractivity contribution in [3.05, 3.63) is 39.6 Å². The zero-order valence-electron chi connectivity index (χ0n) is 10.7. The predicted octanol–water partition coefficient (Wildman–Crippen LogP) is 3.07. The van der Waals surface area contributed by atoms with Gasteiger partial charge < -0.3 is 15.5 Å². The van der Waals surface area contributed by atoms with Crippen LogP contribution < -0.4 is 16.6 Å². The molecule has 20 heavy (non-hydrogen) atoms. The molecule has 1 aromatic heterocycles. The van der Waals surface area contributed by atoms with Crippen LogP contribution in [0.5, 0.6) is 0 Å². The Bertz CT molecular complexity index is 610. The number of benzene rings is 1. The fourth-order valence-electron chi connectivity index (χ4n) is 1.55. The first-order valence-corrected chi connectivity index (χ1v) is 6.85. The van der Waals surface area contributed by atoms with Gasteiger partial charge in [-0.25, -0.2) is 15.8 Å². The van der Waals surface area contributed by atoms with E-state index in [-0.39, 0.29) is 0 Å². The highest BCUT2D eigenvalue weighted by molar-refractivity contribution is 9.10. The minimum absolute atomic E-state index is 0.300. The van der Waals surface area contributed by atoms with Crippen LogP contribution in [0, 0.1) is 0 Å². The lowest BCUT2D eigenvalue weighted by Gasteiger charge is -2.10. The van der Waals surface area contributed by atoms with Crippen LogP contribution in [0.15, 0.2) is 28.7 Å². The molecule has 4 N–H and O–H groups in total. The van der Waals surface area contributed by atoms with E-state index in [1.807, 2.05) is 12.1 Å². The van der Waals surface area contributed by atoms with Crippen LogP contribution in [0.3, 0.4) is 0 Å². The second kappa shape index (κ2) is 6.85. The topological polar surface area (TPSA) is 85.1 Å². The number of rotatable bonds is 5. The lowest BCUT2D eigenvalue weighted by atomic mass is 10.3. The number of nitrogen functional groups attached to an aromatic ring is 1. The number of nitrogens with two attached hydrogens (primary N) is 1. The van der Waals surface area contributed by atoms with Crippen molar-refractivity contribution < 1.29 is 4.74 Å². The summed E-state index contributed by atoms with van der Waals surface area (Å²) in [4.78, 5) is 8.50. The minimum atomic E-state index is 0.300. The summed E-state index contributed by atoms with van der Waals surface area (Å²) in [6.07, 6.45) is 0. The van der Waals surface area contributed by atoms with Crippen LogP contribution >= 0.6 is 27.5 Å². The molecule has 0 fully saturated rings. The van der Waals surface area contributed by atoms with Gasteiger partial charge >= 0.3 is 0 Å². The SMILES string of the molecule is COCc1nc(NN)cc(Nc2ccc(Cl)c(Br)c2)n1. The molecule has 1 aromatic carbocycles. The lowest BCUT2D eigenvalue weighted by molar-refractivity contribution is 0.178. The van der Waals surface area contributed by atoms with E-state index in [4.69, 9.17) is 22.2 Å². The molecule has 0 aliphatic carbocycles. The van der Waals surface area contributed by atoms with Crippen LogP contribution in [0.4, 0.5) is 17.3 Å². The second-order valence-corrected chi connectivity index (χ2v) is 5.15. The molecule has 0 radical (unpaired) electrons. The fraction of sp³-hybridized carbons (Fsp3) is 0.167. The number of methoxy groups -OCH3 is 1. The maximum absolute atomic E-state index is 5.95. The highest BCUT2D eigenvalue weighted by Crippen LogP contribution is 2.27. The van der Waals surface area contributed by atoms with Gasteiger partial charge in [-0.2, -0.15) is 0 Å². The number of hydrazine groups is 1. The fourth-order valence-corrected chi connectivity index (χ4v) is 2.05. The number of nitrogens with zero attached hydrogens (tertiary/aromatic N) is 2. The highest BCUT2D eigenvalue weighted by Gasteiger charge is 2.05. The second-order valence-electron chi connectivity index (χ2n) is 3.89. The number of hydrogen-bond acceptors (Lipinski definition) is 6. The molecular formula is C12H13BrClN5O. The number of halogens is 2. The molecular weight excluding hydrogens is 346 g/mol. The summed E-state index contributed by atoms with van der Waals surface area (Å²) in [7, 11) is 1.58. The highest BCUT2D eigenvalue weighted by atomic mass is 79.9. The first kappa shape index (κ1) is 15.0. The van der Waals surface area contributed by atoms with Crippen LogP contribution in [0.2, 0.25) is 5.02 Å². The number of hydrogen-bond donors (Lipinski definition) is 3. The van der Waals surface area contributed by atoms with Gasteiger partial charge in [0.2, 0.25) is 0 Å². The van der Waals surface area contributed by atoms with Gasteiger partial charge in [-0.15, -0.1) is 0 Å². The van der Waals surface area contributed by atoms with Gasteiger partial charge in [0.1, 0.15) is 18.2 Å². The molecule has 0 bridgehead atoms. The Morgan fingerprint density at radius 1 is 1.30 bits per heavy atom. The number of aromatic nitrogens is 2. The van der Waals surface area contributed by atoms with E-state index in [1.165, 1.54) is 0 Å². The van der Waals surface area contributed by atoms with Crippen LogP contribution in [-0.2, 0) is 11.3 Å². The van der Waals surface area contributed by atoms with Gasteiger partial charge in [-0.1, -0.05) is 11.6 Å². The Morgan fingerprint density at radius 3 is 2.70 bits per heavy atom. The summed E-state index contributed by atoms with van der Waals surface area (Å²) in [5.41, 5.74) is 3.33. The third-order valence-electron chi connectivity index (χ3n) is 2.39. The summed E-state index contributed by atoms with van der Waals surface area (Å²) in [5.74, 6) is 7.02. The van der Waals surface area contributed by atoms with E-state index in [2.05, 4.69) is 36.6 Å². The van der Waals surface area contributed by atoms with Crippen molar-refractivity contribution in [2.24, 2.45) is 5.84 Å². The Balaban J connectivity index is 2.27. The van der Waals surface area contributed by atoms with Crippen molar-refractivity contribution in [2.75, 3.05) is 17.9 Å². The average molecular weight is 359 g/mol. The molecule has 0 amide bonds. The molecule has 8 heteroatoms. The van der Waals surface area contributed by atoms with E-state index < -0.39 is 0 Å². The van der Waals surface area contributed by atoms with Crippen LogP contribution in [0.1, 0.15) is 5.82 Å². The third-order valence-corrected chi connectivity index (χ3v) is 3.60. The molecule has 0 saturated heterocycles. The third kappa shape index (κ3) is 3.80. The zero-order valence-corrected chi connectivity index (χ0v) is 13.0. The summed E-state index contributed by atoms with van der Waals surface area (Å²) in [6.45, 7) is 0.300. The van der Waals surface area contributed by atoms with Gasteiger partial charge in [-0.05, 0) is 34.1 Å². The minimum Gasteiger partial charge on any atom is -0.377 e. The van der Waals surface area contributed by atoms with Crippen molar-refractivity contribution in [1.82, 2.24) is 9.97 Å². The molecule has 0 atom stereocenters. The summed E-state index contributed by atoms with van der Waals surface area (Å²) in [5, 5.41) is 3.80. The first-order chi connectivity index (χ1) is 9.62. The molecule has 0 spiro atoms. The van der Waals surface area contributed by atoms with Crippen molar-refractivity contribution >= 4 is 44.9 Å². The molecule has 0 aliphatic heterocycles. The Hall–Kier alpha value is -1.41. The number of ether oxygens (including phenoxy) is 1. The summed E-state index contributed by atoms with van der Waals surface area (Å²) < 4.78 is 5.82. The summed E-state index contributed by atoms with van der Waals surface area (Å²) >= 11 is 9.32. The molecule has 2 rings (SSSR count). The van der Waals surface area contributed by atoms with Gasteiger partial charge in [0.15, 0.2) is 5.82 Å². The lowest BCUT2D eigenvalue weighted by Crippen LogP contribution is -2.11. The van der Waals surface area contributed by atoms with E-state index >= 15 is 0 Å². The molecule has 2 aromatic rings. The van der Waals surface area contributed by atoms with Crippen LogP contribution in [-0.4, -0.2) is 17.1 Å².